The van der Waals surface area contributed by atoms with Crippen LogP contribution in [0.1, 0.15) is 23.2 Å². The van der Waals surface area contributed by atoms with Crippen molar-refractivity contribution >= 4 is 33.4 Å². The third-order valence-electron chi connectivity index (χ3n) is 3.70. The molecular weight excluding hydrogens is 344 g/mol. The molecule has 1 aliphatic rings. The number of ether oxygens (including phenoxy) is 1. The summed E-state index contributed by atoms with van der Waals surface area (Å²) in [4.78, 5) is 14.5. The van der Waals surface area contributed by atoms with Gasteiger partial charge in [-0.3, -0.25) is 4.79 Å². The highest BCUT2D eigenvalue weighted by atomic mass is 79.9. The number of piperidine rings is 1. The van der Waals surface area contributed by atoms with Crippen LogP contribution in [0.2, 0.25) is 5.02 Å². The standard InChI is InChI=1S/C14H18BrClN2O2/c1-20-11-4-5-18(10(7-11)8-17)14(19)12-3-2-9(16)6-13(12)15/h2-3,6,10-11H,4-5,7-8,17H2,1H3. The molecular formula is C14H18BrClN2O2. The maximum atomic E-state index is 12.7. The van der Waals surface area contributed by atoms with Crippen LogP contribution in [-0.2, 0) is 4.74 Å². The van der Waals surface area contributed by atoms with Gasteiger partial charge in [-0.25, -0.2) is 0 Å². The van der Waals surface area contributed by atoms with Gasteiger partial charge in [0.2, 0.25) is 0 Å². The van der Waals surface area contributed by atoms with Gasteiger partial charge in [0.05, 0.1) is 11.7 Å². The van der Waals surface area contributed by atoms with Crippen LogP contribution in [0.5, 0.6) is 0 Å². The average Bonchev–Trinajstić information content (AvgIpc) is 2.46. The second kappa shape index (κ2) is 6.89. The first kappa shape index (κ1) is 15.8. The largest absolute Gasteiger partial charge is 0.381 e. The fraction of sp³-hybridized carbons (Fsp3) is 0.500. The highest BCUT2D eigenvalue weighted by molar-refractivity contribution is 9.10. The molecule has 110 valence electrons. The first-order valence-electron chi connectivity index (χ1n) is 6.55. The van der Waals surface area contributed by atoms with Crippen LogP contribution in [-0.4, -0.2) is 43.2 Å². The van der Waals surface area contributed by atoms with E-state index in [4.69, 9.17) is 22.1 Å². The molecule has 1 heterocycles. The van der Waals surface area contributed by atoms with Gasteiger partial charge in [-0.1, -0.05) is 11.6 Å². The first-order valence-corrected chi connectivity index (χ1v) is 7.72. The SMILES string of the molecule is COC1CCN(C(=O)c2ccc(Cl)cc2Br)C(CN)C1. The molecule has 6 heteroatoms. The summed E-state index contributed by atoms with van der Waals surface area (Å²) in [5.74, 6) is -0.0152. The van der Waals surface area contributed by atoms with E-state index < -0.39 is 0 Å². The van der Waals surface area contributed by atoms with Crippen LogP contribution in [0.4, 0.5) is 0 Å². The summed E-state index contributed by atoms with van der Waals surface area (Å²) in [6.45, 7) is 1.10. The van der Waals surface area contributed by atoms with Gasteiger partial charge in [0.1, 0.15) is 0 Å². The van der Waals surface area contributed by atoms with Crippen LogP contribution in [0.25, 0.3) is 0 Å². The third-order valence-corrected chi connectivity index (χ3v) is 4.59. The number of carbonyl (C=O) groups excluding carboxylic acids is 1. The molecule has 2 N–H and O–H groups in total. The lowest BCUT2D eigenvalue weighted by molar-refractivity contribution is 0.0138. The van der Waals surface area contributed by atoms with Crippen molar-refractivity contribution in [1.82, 2.24) is 4.90 Å². The normalized spacial score (nSPS) is 22.9. The average molecular weight is 362 g/mol. The van der Waals surface area contributed by atoms with Gasteiger partial charge in [-0.2, -0.15) is 0 Å². The Morgan fingerprint density at radius 2 is 2.35 bits per heavy atom. The molecule has 1 aliphatic heterocycles. The van der Waals surface area contributed by atoms with Crippen molar-refractivity contribution in [2.24, 2.45) is 5.73 Å². The molecule has 0 radical (unpaired) electrons. The van der Waals surface area contributed by atoms with Gasteiger partial charge in [0, 0.05) is 35.7 Å². The van der Waals surface area contributed by atoms with Crippen molar-refractivity contribution in [3.63, 3.8) is 0 Å². The van der Waals surface area contributed by atoms with E-state index in [0.29, 0.717) is 28.1 Å². The molecule has 0 aromatic heterocycles. The zero-order valence-corrected chi connectivity index (χ0v) is 13.7. The number of benzene rings is 1. The van der Waals surface area contributed by atoms with Crippen LogP contribution in [0.3, 0.4) is 0 Å². The monoisotopic (exact) mass is 360 g/mol. The Labute approximate surface area is 132 Å². The number of hydrogen-bond donors (Lipinski definition) is 1. The van der Waals surface area contributed by atoms with E-state index in [1.165, 1.54) is 0 Å². The summed E-state index contributed by atoms with van der Waals surface area (Å²) in [5, 5.41) is 0.599. The maximum absolute atomic E-state index is 12.7. The number of halogens is 2. The van der Waals surface area contributed by atoms with E-state index in [0.717, 1.165) is 12.8 Å². The topological polar surface area (TPSA) is 55.6 Å². The number of nitrogens with zero attached hydrogens (tertiary/aromatic N) is 1. The molecule has 2 atom stereocenters. The van der Waals surface area contributed by atoms with Crippen molar-refractivity contribution in [2.75, 3.05) is 20.2 Å². The van der Waals surface area contributed by atoms with Crippen molar-refractivity contribution in [3.05, 3.63) is 33.3 Å². The van der Waals surface area contributed by atoms with Crippen molar-refractivity contribution in [2.45, 2.75) is 25.0 Å². The maximum Gasteiger partial charge on any atom is 0.255 e. The Morgan fingerprint density at radius 3 is 2.95 bits per heavy atom. The molecule has 1 fully saturated rings. The number of carbonyl (C=O) groups is 1. The Balaban J connectivity index is 2.19. The molecule has 2 rings (SSSR count). The number of methoxy groups -OCH3 is 1. The summed E-state index contributed by atoms with van der Waals surface area (Å²) < 4.78 is 6.08. The van der Waals surface area contributed by atoms with Crippen molar-refractivity contribution in [1.29, 1.82) is 0 Å². The Morgan fingerprint density at radius 1 is 1.60 bits per heavy atom. The Bertz CT molecular complexity index is 498. The summed E-state index contributed by atoms with van der Waals surface area (Å²) in [6, 6.07) is 5.21. The molecule has 1 aromatic carbocycles. The number of hydrogen-bond acceptors (Lipinski definition) is 3. The third kappa shape index (κ3) is 3.34. The summed E-state index contributed by atoms with van der Waals surface area (Å²) in [7, 11) is 1.70. The van der Waals surface area contributed by atoms with E-state index >= 15 is 0 Å². The number of likely N-dealkylation sites (tertiary alicyclic amines) is 1. The molecule has 1 saturated heterocycles. The number of rotatable bonds is 3. The molecule has 0 saturated carbocycles. The molecule has 2 unspecified atom stereocenters. The van der Waals surface area contributed by atoms with E-state index in [-0.39, 0.29) is 18.1 Å². The predicted octanol–water partition coefficient (Wildman–Crippen LogP) is 2.68. The zero-order chi connectivity index (χ0) is 14.7. The summed E-state index contributed by atoms with van der Waals surface area (Å²) in [6.07, 6.45) is 1.80. The predicted molar refractivity (Wildman–Crippen MR) is 83.1 cm³/mol. The van der Waals surface area contributed by atoms with Crippen LogP contribution >= 0.6 is 27.5 Å². The minimum atomic E-state index is -0.0152. The van der Waals surface area contributed by atoms with Crippen molar-refractivity contribution in [3.8, 4) is 0 Å². The first-order chi connectivity index (χ1) is 9.56. The zero-order valence-electron chi connectivity index (χ0n) is 11.3. The van der Waals surface area contributed by atoms with Gasteiger partial charge < -0.3 is 15.4 Å². The van der Waals surface area contributed by atoms with Crippen LogP contribution in [0.15, 0.2) is 22.7 Å². The van der Waals surface area contributed by atoms with Gasteiger partial charge in [-0.15, -0.1) is 0 Å². The lowest BCUT2D eigenvalue weighted by atomic mass is 9.98. The molecule has 1 amide bonds. The number of amides is 1. The van der Waals surface area contributed by atoms with E-state index in [1.807, 2.05) is 4.90 Å². The van der Waals surface area contributed by atoms with Gasteiger partial charge in [0.25, 0.3) is 5.91 Å². The quantitative estimate of drug-likeness (QED) is 0.900. The fourth-order valence-electron chi connectivity index (χ4n) is 2.54. The highest BCUT2D eigenvalue weighted by Gasteiger charge is 2.31. The fourth-order valence-corrected chi connectivity index (χ4v) is 3.39. The molecule has 4 nitrogen and oxygen atoms in total. The lowest BCUT2D eigenvalue weighted by Gasteiger charge is -2.38. The minimum Gasteiger partial charge on any atom is -0.381 e. The van der Waals surface area contributed by atoms with Crippen LogP contribution < -0.4 is 5.73 Å². The minimum absolute atomic E-state index is 0.0152. The molecule has 0 bridgehead atoms. The van der Waals surface area contributed by atoms with E-state index in [2.05, 4.69) is 15.9 Å². The Hall–Kier alpha value is -0.620. The van der Waals surface area contributed by atoms with Crippen LogP contribution in [0, 0.1) is 0 Å². The lowest BCUT2D eigenvalue weighted by Crippen LogP contribution is -2.51. The van der Waals surface area contributed by atoms with Gasteiger partial charge in [-0.05, 0) is 47.0 Å². The number of nitrogens with two attached hydrogens (primary N) is 1. The van der Waals surface area contributed by atoms with Gasteiger partial charge in [0.15, 0.2) is 0 Å². The summed E-state index contributed by atoms with van der Waals surface area (Å²) in [5.41, 5.74) is 6.42. The van der Waals surface area contributed by atoms with E-state index in [1.54, 1.807) is 25.3 Å². The second-order valence-electron chi connectivity index (χ2n) is 4.89. The smallest absolute Gasteiger partial charge is 0.255 e. The molecule has 20 heavy (non-hydrogen) atoms. The summed E-state index contributed by atoms with van der Waals surface area (Å²) >= 11 is 9.30. The molecule has 0 aliphatic carbocycles. The Kier molecular flexibility index (Phi) is 5.43. The highest BCUT2D eigenvalue weighted by Crippen LogP contribution is 2.26. The van der Waals surface area contributed by atoms with Crippen molar-refractivity contribution < 1.29 is 9.53 Å². The molecule has 1 aromatic rings. The second-order valence-corrected chi connectivity index (χ2v) is 6.19. The van der Waals surface area contributed by atoms with Gasteiger partial charge >= 0.3 is 0 Å². The van der Waals surface area contributed by atoms with E-state index in [9.17, 15) is 4.79 Å². The molecule has 0 spiro atoms.